The number of alkyl halides is 1. The van der Waals surface area contributed by atoms with Crippen LogP contribution in [-0.4, -0.2) is 30.3 Å². The van der Waals surface area contributed by atoms with Crippen molar-refractivity contribution in [3.8, 4) is 0 Å². The highest BCUT2D eigenvalue weighted by atomic mass is 35.5. The maximum absolute atomic E-state index is 10.7. The molecule has 0 aromatic carbocycles. The summed E-state index contributed by atoms with van der Waals surface area (Å²) in [6, 6.07) is -0.596. The summed E-state index contributed by atoms with van der Waals surface area (Å²) in [6.45, 7) is 0.154. The first kappa shape index (κ1) is 8.29. The van der Waals surface area contributed by atoms with Crippen LogP contribution in [0.2, 0.25) is 0 Å². The fraction of sp³-hybridized carbons (Fsp3) is 0.600. The highest BCUT2D eigenvalue weighted by Gasteiger charge is 2.26. The molecule has 1 aliphatic rings. The van der Waals surface area contributed by atoms with Crippen molar-refractivity contribution in [1.82, 2.24) is 10.8 Å². The van der Waals surface area contributed by atoms with Gasteiger partial charge < -0.3 is 5.32 Å². The Bertz CT molecular complexity index is 185. The van der Waals surface area contributed by atoms with Gasteiger partial charge in [-0.1, -0.05) is 0 Å². The molecule has 11 heavy (non-hydrogen) atoms. The Kier molecular flexibility index (Phi) is 2.67. The van der Waals surface area contributed by atoms with E-state index in [1.54, 1.807) is 0 Å². The first-order valence-electron chi connectivity index (χ1n) is 3.01. The summed E-state index contributed by atoms with van der Waals surface area (Å²) in [5.74, 6) is -0.871. The molecule has 0 radical (unpaired) electrons. The molecule has 1 saturated heterocycles. The Morgan fingerprint density at radius 3 is 3.09 bits per heavy atom. The average Bonchev–Trinajstić information content (AvgIpc) is 2.37. The zero-order valence-electron chi connectivity index (χ0n) is 5.59. The molecular weight excluding hydrogens is 172 g/mol. The second-order valence-electron chi connectivity index (χ2n) is 2.03. The maximum Gasteiger partial charge on any atom is 0.268 e. The van der Waals surface area contributed by atoms with Crippen LogP contribution in [0, 0.1) is 0 Å². The zero-order valence-corrected chi connectivity index (χ0v) is 6.35. The Balaban J connectivity index is 2.36. The lowest BCUT2D eigenvalue weighted by Gasteiger charge is -2.04. The molecule has 5 nitrogen and oxygen atoms in total. The smallest absolute Gasteiger partial charge is 0.268 e. The van der Waals surface area contributed by atoms with Gasteiger partial charge in [0.25, 0.3) is 5.91 Å². The largest absolute Gasteiger partial charge is 0.341 e. The SMILES string of the molecule is O=C(CCl)NC1CONC1=O. The second-order valence-corrected chi connectivity index (χ2v) is 2.30. The first-order chi connectivity index (χ1) is 5.24. The molecule has 2 amide bonds. The van der Waals surface area contributed by atoms with E-state index in [0.29, 0.717) is 0 Å². The average molecular weight is 179 g/mol. The van der Waals surface area contributed by atoms with Crippen molar-refractivity contribution < 1.29 is 14.4 Å². The highest BCUT2D eigenvalue weighted by molar-refractivity contribution is 6.27. The molecule has 1 heterocycles. The van der Waals surface area contributed by atoms with E-state index in [1.165, 1.54) is 0 Å². The molecule has 1 rings (SSSR count). The Morgan fingerprint density at radius 1 is 1.91 bits per heavy atom. The third kappa shape index (κ3) is 2.06. The summed E-state index contributed by atoms with van der Waals surface area (Å²) in [6.07, 6.45) is 0. The van der Waals surface area contributed by atoms with Gasteiger partial charge in [-0.2, -0.15) is 0 Å². The number of hydroxylamine groups is 1. The molecule has 0 aliphatic carbocycles. The Labute approximate surface area is 68.0 Å². The third-order valence-electron chi connectivity index (χ3n) is 1.20. The van der Waals surface area contributed by atoms with Gasteiger partial charge in [0.2, 0.25) is 5.91 Å². The van der Waals surface area contributed by atoms with E-state index in [9.17, 15) is 9.59 Å². The van der Waals surface area contributed by atoms with Crippen LogP contribution in [0.1, 0.15) is 0 Å². The summed E-state index contributed by atoms with van der Waals surface area (Å²) in [5.41, 5.74) is 2.10. The summed E-state index contributed by atoms with van der Waals surface area (Å²) in [4.78, 5) is 25.9. The van der Waals surface area contributed by atoms with Crippen molar-refractivity contribution in [2.75, 3.05) is 12.5 Å². The Hall–Kier alpha value is -0.810. The third-order valence-corrected chi connectivity index (χ3v) is 1.44. The molecular formula is C5H7ClN2O3. The number of nitrogens with one attached hydrogen (secondary N) is 2. The van der Waals surface area contributed by atoms with Crippen molar-refractivity contribution in [3.63, 3.8) is 0 Å². The van der Waals surface area contributed by atoms with Gasteiger partial charge in [0.15, 0.2) is 0 Å². The molecule has 1 aliphatic heterocycles. The maximum atomic E-state index is 10.7. The molecule has 0 bridgehead atoms. The van der Waals surface area contributed by atoms with Crippen molar-refractivity contribution in [2.45, 2.75) is 6.04 Å². The minimum Gasteiger partial charge on any atom is -0.341 e. The van der Waals surface area contributed by atoms with Crippen LogP contribution >= 0.6 is 11.6 Å². The Morgan fingerprint density at radius 2 is 2.64 bits per heavy atom. The van der Waals surface area contributed by atoms with Crippen LogP contribution < -0.4 is 10.8 Å². The summed E-state index contributed by atoms with van der Waals surface area (Å²) in [5, 5.41) is 2.37. The van der Waals surface area contributed by atoms with Gasteiger partial charge >= 0.3 is 0 Å². The number of hydrogen-bond acceptors (Lipinski definition) is 3. The molecule has 6 heteroatoms. The fourth-order valence-corrected chi connectivity index (χ4v) is 0.760. The van der Waals surface area contributed by atoms with Gasteiger partial charge in [-0.25, -0.2) is 5.48 Å². The van der Waals surface area contributed by atoms with Crippen molar-refractivity contribution in [2.24, 2.45) is 0 Å². The normalized spacial score (nSPS) is 23.0. The van der Waals surface area contributed by atoms with Crippen LogP contribution in [0.25, 0.3) is 0 Å². The lowest BCUT2D eigenvalue weighted by Crippen LogP contribution is -2.42. The molecule has 1 atom stereocenters. The number of carbonyl (C=O) groups excluding carboxylic acids is 2. The highest BCUT2D eigenvalue weighted by Crippen LogP contribution is 1.93. The monoisotopic (exact) mass is 178 g/mol. The summed E-state index contributed by atoms with van der Waals surface area (Å²) in [7, 11) is 0. The number of amides is 2. The fourth-order valence-electron chi connectivity index (χ4n) is 0.683. The van der Waals surface area contributed by atoms with Crippen LogP contribution in [0.15, 0.2) is 0 Å². The van der Waals surface area contributed by atoms with E-state index in [2.05, 4.69) is 15.6 Å². The van der Waals surface area contributed by atoms with Gasteiger partial charge in [-0.3, -0.25) is 14.4 Å². The minimum atomic E-state index is -0.596. The van der Waals surface area contributed by atoms with Crippen molar-refractivity contribution in [1.29, 1.82) is 0 Å². The first-order valence-corrected chi connectivity index (χ1v) is 3.54. The molecule has 1 fully saturated rings. The molecule has 62 valence electrons. The number of rotatable bonds is 2. The molecule has 1 unspecified atom stereocenters. The summed E-state index contributed by atoms with van der Waals surface area (Å²) < 4.78 is 0. The molecule has 0 aromatic heterocycles. The summed E-state index contributed by atoms with van der Waals surface area (Å²) >= 11 is 5.19. The molecule has 2 N–H and O–H groups in total. The van der Waals surface area contributed by atoms with Gasteiger partial charge in [0, 0.05) is 0 Å². The van der Waals surface area contributed by atoms with Crippen molar-refractivity contribution >= 4 is 23.4 Å². The van der Waals surface area contributed by atoms with E-state index in [1.807, 2.05) is 0 Å². The number of carbonyl (C=O) groups is 2. The van der Waals surface area contributed by atoms with Crippen LogP contribution in [0.4, 0.5) is 0 Å². The molecule has 0 aromatic rings. The van der Waals surface area contributed by atoms with E-state index < -0.39 is 6.04 Å². The van der Waals surface area contributed by atoms with Gasteiger partial charge in [-0.15, -0.1) is 11.6 Å². The molecule has 0 spiro atoms. The van der Waals surface area contributed by atoms with E-state index in [-0.39, 0.29) is 24.3 Å². The van der Waals surface area contributed by atoms with Gasteiger partial charge in [0.05, 0.1) is 0 Å². The second kappa shape index (κ2) is 3.54. The lowest BCUT2D eigenvalue weighted by atomic mass is 10.3. The predicted molar refractivity (Wildman–Crippen MR) is 36.7 cm³/mol. The standard InChI is InChI=1S/C5H7ClN2O3/c6-1-4(9)7-3-2-11-8-5(3)10/h3H,1-2H2,(H,7,9)(H,8,10). The van der Waals surface area contributed by atoms with Gasteiger partial charge in [-0.05, 0) is 0 Å². The van der Waals surface area contributed by atoms with Crippen molar-refractivity contribution in [3.05, 3.63) is 0 Å². The van der Waals surface area contributed by atoms with Crippen LogP contribution in [0.3, 0.4) is 0 Å². The van der Waals surface area contributed by atoms with Gasteiger partial charge in [0.1, 0.15) is 18.5 Å². The van der Waals surface area contributed by atoms with E-state index in [4.69, 9.17) is 11.6 Å². The zero-order chi connectivity index (χ0) is 8.27. The number of halogens is 1. The minimum absolute atomic E-state index is 0.149. The molecule has 0 saturated carbocycles. The topological polar surface area (TPSA) is 67.4 Å². The predicted octanol–water partition coefficient (Wildman–Crippen LogP) is -1.23. The number of hydrogen-bond donors (Lipinski definition) is 2. The van der Waals surface area contributed by atoms with Crippen LogP contribution in [-0.2, 0) is 14.4 Å². The van der Waals surface area contributed by atoms with Crippen LogP contribution in [0.5, 0.6) is 0 Å². The quantitative estimate of drug-likeness (QED) is 0.521. The lowest BCUT2D eigenvalue weighted by molar-refractivity contribution is -0.127. The van der Waals surface area contributed by atoms with E-state index in [0.717, 1.165) is 0 Å². The van der Waals surface area contributed by atoms with E-state index >= 15 is 0 Å².